The highest BCUT2D eigenvalue weighted by molar-refractivity contribution is 5.68. The van der Waals surface area contributed by atoms with Gasteiger partial charge in [0.25, 0.3) is 0 Å². The van der Waals surface area contributed by atoms with E-state index in [1.54, 1.807) is 6.07 Å². The summed E-state index contributed by atoms with van der Waals surface area (Å²) >= 11 is 0. The van der Waals surface area contributed by atoms with E-state index in [2.05, 4.69) is 24.3 Å². The van der Waals surface area contributed by atoms with E-state index in [-0.39, 0.29) is 12.7 Å². The molecular weight excluding hydrogens is 364 g/mol. The molecule has 4 heteroatoms. The van der Waals surface area contributed by atoms with Gasteiger partial charge in [0, 0.05) is 6.61 Å². The Kier molecular flexibility index (Phi) is 7.84. The maximum Gasteiger partial charge on any atom is 0.341 e. The maximum absolute atomic E-state index is 10.6. The summed E-state index contributed by atoms with van der Waals surface area (Å²) in [4.78, 5) is 10.6. The van der Waals surface area contributed by atoms with Gasteiger partial charge in [0.15, 0.2) is 6.61 Å². The topological polar surface area (TPSA) is 55.8 Å². The van der Waals surface area contributed by atoms with Crippen LogP contribution in [0.5, 0.6) is 5.75 Å². The normalized spacial score (nSPS) is 10.8. The molecule has 3 rings (SSSR count). The summed E-state index contributed by atoms with van der Waals surface area (Å²) in [5.74, 6) is -0.381. The summed E-state index contributed by atoms with van der Waals surface area (Å²) in [7, 11) is 0. The lowest BCUT2D eigenvalue weighted by Crippen LogP contribution is -2.09. The number of carbonyl (C=O) groups is 1. The van der Waals surface area contributed by atoms with Gasteiger partial charge < -0.3 is 14.6 Å². The zero-order valence-corrected chi connectivity index (χ0v) is 16.4. The first kappa shape index (κ1) is 20.6. The summed E-state index contributed by atoms with van der Waals surface area (Å²) in [6.45, 7) is 0.349. The van der Waals surface area contributed by atoms with Crippen LogP contribution in [0.25, 0.3) is 0 Å². The first-order chi connectivity index (χ1) is 14.2. The van der Waals surface area contributed by atoms with Gasteiger partial charge in [0.2, 0.25) is 0 Å². The van der Waals surface area contributed by atoms with Crippen LogP contribution in [0.1, 0.15) is 35.6 Å². The smallest absolute Gasteiger partial charge is 0.341 e. The number of unbranched alkanes of at least 4 members (excludes halogenated alkanes) is 1. The van der Waals surface area contributed by atoms with Crippen molar-refractivity contribution in [2.75, 3.05) is 13.2 Å². The number of benzene rings is 3. The monoisotopic (exact) mass is 390 g/mol. The average Bonchev–Trinajstić information content (AvgIpc) is 2.76. The fourth-order valence-corrected chi connectivity index (χ4v) is 3.21. The van der Waals surface area contributed by atoms with Gasteiger partial charge in [-0.3, -0.25) is 0 Å². The number of carboxylic acids is 1. The van der Waals surface area contributed by atoms with E-state index >= 15 is 0 Å². The molecule has 0 saturated carbocycles. The molecule has 0 heterocycles. The minimum Gasteiger partial charge on any atom is -0.482 e. The second-order valence-electron chi connectivity index (χ2n) is 6.86. The Morgan fingerprint density at radius 1 is 0.828 bits per heavy atom. The standard InChI is InChI=1S/C25H26O4/c26-24(27)19-29-23-16-9-11-20(18-23)10-7-8-17-28-25(21-12-3-1-4-13-21)22-14-5-2-6-15-22/h1-6,9,11-16,18,25H,7-8,10,17,19H2,(H,26,27). The van der Waals surface area contributed by atoms with Gasteiger partial charge in [0.05, 0.1) is 0 Å². The van der Waals surface area contributed by atoms with Gasteiger partial charge in [0.1, 0.15) is 11.9 Å². The van der Waals surface area contributed by atoms with Crippen molar-refractivity contribution >= 4 is 5.97 Å². The summed E-state index contributed by atoms with van der Waals surface area (Å²) in [6, 6.07) is 28.2. The molecule has 0 aliphatic rings. The lowest BCUT2D eigenvalue weighted by atomic mass is 10.0. The van der Waals surface area contributed by atoms with Crippen LogP contribution >= 0.6 is 0 Å². The zero-order valence-electron chi connectivity index (χ0n) is 16.4. The molecule has 3 aromatic carbocycles. The molecule has 0 spiro atoms. The second kappa shape index (κ2) is 11.0. The van der Waals surface area contributed by atoms with E-state index in [4.69, 9.17) is 14.6 Å². The highest BCUT2D eigenvalue weighted by Crippen LogP contribution is 2.26. The molecule has 150 valence electrons. The molecule has 0 aliphatic carbocycles. The van der Waals surface area contributed by atoms with Gasteiger partial charge in [-0.05, 0) is 48.1 Å². The summed E-state index contributed by atoms with van der Waals surface area (Å²) < 4.78 is 11.5. The Morgan fingerprint density at radius 2 is 1.48 bits per heavy atom. The summed E-state index contributed by atoms with van der Waals surface area (Å²) in [5.41, 5.74) is 3.44. The molecule has 0 unspecified atom stereocenters. The minimum absolute atomic E-state index is 0.0647. The van der Waals surface area contributed by atoms with Crippen LogP contribution in [-0.2, 0) is 16.0 Å². The van der Waals surface area contributed by atoms with Crippen LogP contribution < -0.4 is 4.74 Å². The molecule has 0 saturated heterocycles. The molecule has 0 bridgehead atoms. The maximum atomic E-state index is 10.6. The largest absolute Gasteiger partial charge is 0.482 e. The molecule has 1 N–H and O–H groups in total. The molecule has 0 fully saturated rings. The lowest BCUT2D eigenvalue weighted by Gasteiger charge is -2.19. The number of aliphatic carboxylic acids is 1. The van der Waals surface area contributed by atoms with Crippen molar-refractivity contribution < 1.29 is 19.4 Å². The van der Waals surface area contributed by atoms with Crippen LogP contribution in [0.2, 0.25) is 0 Å². The van der Waals surface area contributed by atoms with Crippen molar-refractivity contribution in [3.05, 3.63) is 102 Å². The average molecular weight is 390 g/mol. The van der Waals surface area contributed by atoms with Crippen LogP contribution in [-0.4, -0.2) is 24.3 Å². The van der Waals surface area contributed by atoms with E-state index < -0.39 is 5.97 Å². The number of hydrogen-bond donors (Lipinski definition) is 1. The minimum atomic E-state index is -0.973. The highest BCUT2D eigenvalue weighted by Gasteiger charge is 2.13. The Labute approximate surface area is 171 Å². The molecular formula is C25H26O4. The number of carboxylic acid groups (broad SMARTS) is 1. The number of ether oxygens (including phenoxy) is 2. The van der Waals surface area contributed by atoms with E-state index in [0.29, 0.717) is 12.4 Å². The Hall–Kier alpha value is -3.11. The van der Waals surface area contributed by atoms with Crippen LogP contribution in [0.15, 0.2) is 84.9 Å². The van der Waals surface area contributed by atoms with Gasteiger partial charge in [-0.2, -0.15) is 0 Å². The number of rotatable bonds is 11. The third-order valence-electron chi connectivity index (χ3n) is 4.61. The predicted molar refractivity (Wildman–Crippen MR) is 113 cm³/mol. The van der Waals surface area contributed by atoms with E-state index in [1.165, 1.54) is 0 Å². The first-order valence-corrected chi connectivity index (χ1v) is 9.87. The predicted octanol–water partition coefficient (Wildman–Crippen LogP) is 5.28. The number of aryl methyl sites for hydroxylation is 1. The molecule has 0 aromatic heterocycles. The van der Waals surface area contributed by atoms with Crippen molar-refractivity contribution in [3.8, 4) is 5.75 Å². The third kappa shape index (κ3) is 6.77. The van der Waals surface area contributed by atoms with E-state index in [9.17, 15) is 4.79 Å². The first-order valence-electron chi connectivity index (χ1n) is 9.87. The van der Waals surface area contributed by atoms with Crippen molar-refractivity contribution in [2.24, 2.45) is 0 Å². The molecule has 0 radical (unpaired) electrons. The van der Waals surface area contributed by atoms with Gasteiger partial charge in [-0.25, -0.2) is 4.79 Å². The zero-order chi connectivity index (χ0) is 20.3. The van der Waals surface area contributed by atoms with Crippen molar-refractivity contribution in [1.29, 1.82) is 0 Å². The van der Waals surface area contributed by atoms with E-state index in [0.717, 1.165) is 36.0 Å². The summed E-state index contributed by atoms with van der Waals surface area (Å²) in [5, 5.41) is 8.72. The van der Waals surface area contributed by atoms with Gasteiger partial charge in [-0.1, -0.05) is 72.8 Å². The molecule has 0 aliphatic heterocycles. The third-order valence-corrected chi connectivity index (χ3v) is 4.61. The Balaban J connectivity index is 1.49. The van der Waals surface area contributed by atoms with Crippen LogP contribution in [0.3, 0.4) is 0 Å². The van der Waals surface area contributed by atoms with Gasteiger partial charge >= 0.3 is 5.97 Å². The molecule has 0 amide bonds. The van der Waals surface area contributed by atoms with Crippen LogP contribution in [0, 0.1) is 0 Å². The Bertz CT molecular complexity index is 838. The molecule has 0 atom stereocenters. The second-order valence-corrected chi connectivity index (χ2v) is 6.86. The highest BCUT2D eigenvalue weighted by atomic mass is 16.5. The van der Waals surface area contributed by atoms with E-state index in [1.807, 2.05) is 54.6 Å². The van der Waals surface area contributed by atoms with Crippen molar-refractivity contribution in [3.63, 3.8) is 0 Å². The quantitative estimate of drug-likeness (QED) is 0.453. The molecule has 4 nitrogen and oxygen atoms in total. The number of hydrogen-bond acceptors (Lipinski definition) is 3. The van der Waals surface area contributed by atoms with Crippen LogP contribution in [0.4, 0.5) is 0 Å². The molecule has 29 heavy (non-hydrogen) atoms. The van der Waals surface area contributed by atoms with Crippen molar-refractivity contribution in [1.82, 2.24) is 0 Å². The molecule has 3 aromatic rings. The fourth-order valence-electron chi connectivity index (χ4n) is 3.21. The van der Waals surface area contributed by atoms with Crippen molar-refractivity contribution in [2.45, 2.75) is 25.4 Å². The van der Waals surface area contributed by atoms with Gasteiger partial charge in [-0.15, -0.1) is 0 Å². The summed E-state index contributed by atoms with van der Waals surface area (Å²) in [6.07, 6.45) is 2.76. The fraction of sp³-hybridized carbons (Fsp3) is 0.240. The Morgan fingerprint density at radius 3 is 2.10 bits per heavy atom. The SMILES string of the molecule is O=C(O)COc1cccc(CCCCOC(c2ccccc2)c2ccccc2)c1. The lowest BCUT2D eigenvalue weighted by molar-refractivity contribution is -0.139.